The molecule has 0 bridgehead atoms. The molecule has 0 aromatic rings. The quantitative estimate of drug-likeness (QED) is 0.0873. The van der Waals surface area contributed by atoms with E-state index in [1.54, 1.807) is 0 Å². The molecule has 0 saturated heterocycles. The topological polar surface area (TPSA) is 393 Å². The van der Waals surface area contributed by atoms with Crippen LogP contribution in [0.2, 0.25) is 0 Å². The molecule has 6 N–H and O–H groups in total. The van der Waals surface area contributed by atoms with Crippen molar-refractivity contribution in [1.82, 2.24) is 0 Å². The standard InChI is InChI=1S/4C3HNO3.Na.H3O4P/c4*4-1-2(5)3(6)7;;1-5(2,3)4/h4*(H,6,7);;(H3,1,2,3,4)/q;;;;+1;/p-1. The first-order chi connectivity index (χ1) is 14.7. The van der Waals surface area contributed by atoms with E-state index in [1.807, 2.05) is 0 Å². The third-order valence-electron chi connectivity index (χ3n) is 1.18. The van der Waals surface area contributed by atoms with Crippen molar-refractivity contribution in [2.24, 2.45) is 0 Å². The minimum atomic E-state index is -4.89. The van der Waals surface area contributed by atoms with E-state index in [0.717, 1.165) is 24.3 Å². The maximum atomic E-state index is 9.55. The van der Waals surface area contributed by atoms with Gasteiger partial charge in [-0.25, -0.2) is 19.2 Å². The van der Waals surface area contributed by atoms with Crippen LogP contribution < -0.4 is 34.5 Å². The van der Waals surface area contributed by atoms with Gasteiger partial charge in [-0.15, -0.1) is 0 Å². The summed E-state index contributed by atoms with van der Waals surface area (Å²) < 4.78 is 8.77. The van der Waals surface area contributed by atoms with Crippen LogP contribution in [0.4, 0.5) is 0 Å². The molecule has 0 fully saturated rings. The first-order valence-electron chi connectivity index (χ1n) is 6.19. The van der Waals surface area contributed by atoms with Crippen molar-refractivity contribution in [3.05, 3.63) is 0 Å². The summed E-state index contributed by atoms with van der Waals surface area (Å²) in [6.45, 7) is 0. The number of carbonyl (C=O) groups excluding carboxylic acids is 4. The van der Waals surface area contributed by atoms with Gasteiger partial charge >= 0.3 is 76.6 Å². The minimum Gasteiger partial charge on any atom is -0.756 e. The van der Waals surface area contributed by atoms with Crippen LogP contribution in [0.25, 0.3) is 0 Å². The number of carboxylic acids is 4. The zero-order valence-corrected chi connectivity index (χ0v) is 18.9. The molecule has 0 unspecified atom stereocenters. The van der Waals surface area contributed by atoms with Crippen molar-refractivity contribution < 1.29 is 108 Å². The van der Waals surface area contributed by atoms with Gasteiger partial charge in [-0.2, -0.15) is 21.0 Å². The predicted molar refractivity (Wildman–Crippen MR) is 85.1 cm³/mol. The average Bonchev–Trinajstić information content (AvgIpc) is 2.70. The Morgan fingerprint density at radius 3 is 0.618 bits per heavy atom. The Bertz CT molecular complexity index is 866. The van der Waals surface area contributed by atoms with E-state index in [9.17, 15) is 38.4 Å². The predicted octanol–water partition coefficient (Wildman–Crippen LogP) is -7.90. The van der Waals surface area contributed by atoms with Crippen LogP contribution in [-0.2, 0) is 42.9 Å². The number of carbonyl (C=O) groups is 8. The molecular weight excluding hydrogens is 510 g/mol. The molecule has 0 aromatic carbocycles. The molecule has 0 amide bonds. The van der Waals surface area contributed by atoms with E-state index in [-0.39, 0.29) is 29.6 Å². The van der Waals surface area contributed by atoms with Gasteiger partial charge in [0.15, 0.2) is 24.3 Å². The van der Waals surface area contributed by atoms with Gasteiger partial charge < -0.3 is 35.1 Å². The first kappa shape index (κ1) is 43.5. The summed E-state index contributed by atoms with van der Waals surface area (Å²) in [7, 11) is -4.89. The third-order valence-corrected chi connectivity index (χ3v) is 1.18. The van der Waals surface area contributed by atoms with Crippen LogP contribution in [0, 0.1) is 45.3 Å². The number of carboxylic acid groups (broad SMARTS) is 4. The van der Waals surface area contributed by atoms with Crippen molar-refractivity contribution in [2.75, 3.05) is 0 Å². The SMILES string of the molecule is N#CC(=O)C(=O)O.N#CC(=O)C(=O)O.N#CC(=O)C(=O)O.N#CC(=O)C(=O)O.O=P([O-])(O)O.[Na+]. The fraction of sp³-hybridized carbons (Fsp3) is 0. The summed E-state index contributed by atoms with van der Waals surface area (Å²) >= 11 is 0. The second-order valence-electron chi connectivity index (χ2n) is 3.47. The fourth-order valence-electron chi connectivity index (χ4n) is 0.191. The second-order valence-corrected chi connectivity index (χ2v) is 4.46. The van der Waals surface area contributed by atoms with Gasteiger partial charge in [-0.1, -0.05) is 0 Å². The fourth-order valence-corrected chi connectivity index (χ4v) is 0.191. The van der Waals surface area contributed by atoms with E-state index >= 15 is 0 Å². The van der Waals surface area contributed by atoms with Crippen LogP contribution in [0.3, 0.4) is 0 Å². The van der Waals surface area contributed by atoms with Gasteiger partial charge in [0.2, 0.25) is 0 Å². The van der Waals surface area contributed by atoms with Gasteiger partial charge in [0.1, 0.15) is 0 Å². The normalized spacial score (nSPS) is 7.26. The van der Waals surface area contributed by atoms with Gasteiger partial charge in [0, 0.05) is 0 Å². The Hall–Kier alpha value is -4.37. The molecule has 0 heterocycles. The number of rotatable bonds is 4. The first-order valence-corrected chi connectivity index (χ1v) is 7.72. The summed E-state index contributed by atoms with van der Waals surface area (Å²) in [5.74, 6) is -12.5. The Balaban J connectivity index is -0.0000000719. The van der Waals surface area contributed by atoms with Gasteiger partial charge in [0.05, 0.1) is 0 Å². The molecule has 0 radical (unpaired) electrons. The molecule has 176 valence electrons. The number of aliphatic carboxylic acids is 4. The zero-order valence-electron chi connectivity index (χ0n) is 16.0. The van der Waals surface area contributed by atoms with Gasteiger partial charge in [-0.3, -0.25) is 23.7 Å². The number of nitriles is 4. The monoisotopic (exact) mass is 516 g/mol. The Morgan fingerprint density at radius 1 is 0.529 bits per heavy atom. The third kappa shape index (κ3) is 50.8. The maximum Gasteiger partial charge on any atom is 1.00 e. The minimum absolute atomic E-state index is 0. The second kappa shape index (κ2) is 24.9. The molecule has 0 atom stereocenters. The molecule has 0 rings (SSSR count). The smallest absolute Gasteiger partial charge is 0.756 e. The number of Topliss-reactive ketones (excluding diaryl/α,β-unsaturated/α-hetero) is 4. The van der Waals surface area contributed by atoms with Crippen LogP contribution >= 0.6 is 7.82 Å². The van der Waals surface area contributed by atoms with Crippen LogP contribution in [-0.4, -0.2) is 77.2 Å². The molecule has 22 heteroatoms. The Labute approximate surface area is 207 Å². The van der Waals surface area contributed by atoms with E-state index in [2.05, 4.69) is 0 Å². The molecule has 0 aliphatic heterocycles. The average molecular weight is 516 g/mol. The molecule has 0 saturated carbocycles. The summed E-state index contributed by atoms with van der Waals surface area (Å²) in [6, 6.07) is 3.70. The van der Waals surface area contributed by atoms with Crippen LogP contribution in [0.1, 0.15) is 0 Å². The molecule has 0 aromatic heterocycles. The number of nitrogens with zero attached hydrogens (tertiary/aromatic N) is 4. The largest absolute Gasteiger partial charge is 1.00 e. The molecule has 34 heavy (non-hydrogen) atoms. The number of ketones is 4. The van der Waals surface area contributed by atoms with E-state index < -0.39 is 54.8 Å². The van der Waals surface area contributed by atoms with Crippen molar-refractivity contribution in [2.45, 2.75) is 0 Å². The van der Waals surface area contributed by atoms with Gasteiger partial charge in [-0.05, 0) is 0 Å². The van der Waals surface area contributed by atoms with Crippen molar-refractivity contribution in [1.29, 1.82) is 21.0 Å². The van der Waals surface area contributed by atoms with Crippen molar-refractivity contribution in [3.63, 3.8) is 0 Å². The Kier molecular flexibility index (Phi) is 31.8. The van der Waals surface area contributed by atoms with Crippen molar-refractivity contribution in [3.8, 4) is 24.3 Å². The number of phosphoric acid groups is 1. The zero-order chi connectivity index (χ0) is 27.9. The maximum absolute atomic E-state index is 9.55. The molecule has 0 aliphatic carbocycles. The van der Waals surface area contributed by atoms with Crippen LogP contribution in [0.5, 0.6) is 0 Å². The number of hydrogen-bond acceptors (Lipinski definition) is 14. The summed E-state index contributed by atoms with van der Waals surface area (Å²) in [5.41, 5.74) is 0. The van der Waals surface area contributed by atoms with E-state index in [1.165, 1.54) is 0 Å². The molecular formula is C12H6N4NaO16P. The number of hydrogen-bond donors (Lipinski definition) is 6. The van der Waals surface area contributed by atoms with Crippen LogP contribution in [0.15, 0.2) is 0 Å². The molecule has 0 aliphatic rings. The Morgan fingerprint density at radius 2 is 0.618 bits per heavy atom. The molecule has 0 spiro atoms. The van der Waals surface area contributed by atoms with E-state index in [4.69, 9.17) is 60.7 Å². The van der Waals surface area contributed by atoms with Crippen molar-refractivity contribution >= 4 is 54.8 Å². The van der Waals surface area contributed by atoms with Gasteiger partial charge in [0.25, 0.3) is 7.82 Å². The van der Waals surface area contributed by atoms with E-state index in [0.29, 0.717) is 0 Å². The summed E-state index contributed by atoms with van der Waals surface area (Å²) in [6.07, 6.45) is 0. The summed E-state index contributed by atoms with van der Waals surface area (Å²) in [4.78, 5) is 98.6. The molecule has 20 nitrogen and oxygen atoms in total. The summed E-state index contributed by atoms with van der Waals surface area (Å²) in [5, 5.41) is 60.5.